The van der Waals surface area contributed by atoms with E-state index in [9.17, 15) is 9.59 Å². The van der Waals surface area contributed by atoms with E-state index >= 15 is 0 Å². The fourth-order valence-corrected chi connectivity index (χ4v) is 2.63. The van der Waals surface area contributed by atoms with E-state index in [0.717, 1.165) is 5.56 Å². The van der Waals surface area contributed by atoms with E-state index in [4.69, 9.17) is 27.9 Å². The molecular weight excluding hydrogens is 349 g/mol. The van der Waals surface area contributed by atoms with Gasteiger partial charge in [-0.1, -0.05) is 60.5 Å². The summed E-state index contributed by atoms with van der Waals surface area (Å²) in [5, 5.41) is 3.40. The van der Waals surface area contributed by atoms with Gasteiger partial charge in [0.2, 0.25) is 0 Å². The summed E-state index contributed by atoms with van der Waals surface area (Å²) in [4.78, 5) is 23.7. The molecule has 2 aromatic rings. The second kappa shape index (κ2) is 8.71. The van der Waals surface area contributed by atoms with Crippen molar-refractivity contribution in [2.24, 2.45) is 0 Å². The van der Waals surface area contributed by atoms with Crippen LogP contribution in [-0.2, 0) is 9.53 Å². The molecule has 2 rings (SSSR count). The Morgan fingerprint density at radius 1 is 1.08 bits per heavy atom. The molecular formula is C18H17Cl2NO3. The molecule has 6 heteroatoms. The van der Waals surface area contributed by atoms with Crippen LogP contribution in [0.4, 0.5) is 0 Å². The second-order valence-corrected chi connectivity index (χ2v) is 6.22. The second-order valence-electron chi connectivity index (χ2n) is 5.35. The number of esters is 1. The van der Waals surface area contributed by atoms with Gasteiger partial charge in [-0.05, 0) is 29.7 Å². The van der Waals surface area contributed by atoms with Gasteiger partial charge in [0.1, 0.15) is 0 Å². The first-order valence-corrected chi connectivity index (χ1v) is 8.16. The van der Waals surface area contributed by atoms with Crippen LogP contribution in [0.3, 0.4) is 0 Å². The highest BCUT2D eigenvalue weighted by atomic mass is 35.5. The van der Waals surface area contributed by atoms with E-state index in [-0.39, 0.29) is 24.0 Å². The Kier molecular flexibility index (Phi) is 6.64. The Bertz CT molecular complexity index is 699. The lowest BCUT2D eigenvalue weighted by atomic mass is 10.0. The number of halogens is 2. The molecule has 4 nitrogen and oxygen atoms in total. The van der Waals surface area contributed by atoms with Crippen LogP contribution in [-0.4, -0.2) is 25.0 Å². The maximum atomic E-state index is 11.9. The van der Waals surface area contributed by atoms with Crippen LogP contribution in [0, 0.1) is 0 Å². The van der Waals surface area contributed by atoms with E-state index in [1.54, 1.807) is 0 Å². The fraction of sp³-hybridized carbons (Fsp3) is 0.222. The smallest absolute Gasteiger partial charge is 0.338 e. The van der Waals surface area contributed by atoms with Gasteiger partial charge in [-0.2, -0.15) is 0 Å². The van der Waals surface area contributed by atoms with E-state index in [1.165, 1.54) is 18.2 Å². The zero-order chi connectivity index (χ0) is 17.5. The molecule has 1 amide bonds. The van der Waals surface area contributed by atoms with Gasteiger partial charge >= 0.3 is 5.97 Å². The molecule has 0 radical (unpaired) electrons. The Labute approximate surface area is 150 Å². The Balaban J connectivity index is 1.79. The molecule has 24 heavy (non-hydrogen) atoms. The molecule has 1 N–H and O–H groups in total. The predicted molar refractivity (Wildman–Crippen MR) is 94.6 cm³/mol. The van der Waals surface area contributed by atoms with Crippen LogP contribution >= 0.6 is 23.2 Å². The van der Waals surface area contributed by atoms with Gasteiger partial charge in [-0.25, -0.2) is 4.79 Å². The molecule has 0 aliphatic heterocycles. The quantitative estimate of drug-likeness (QED) is 0.784. The zero-order valence-corrected chi connectivity index (χ0v) is 14.6. The Morgan fingerprint density at radius 3 is 2.33 bits per heavy atom. The third-order valence-corrected chi connectivity index (χ3v) is 3.84. The van der Waals surface area contributed by atoms with Crippen molar-refractivity contribution in [2.45, 2.75) is 12.8 Å². The highest BCUT2D eigenvalue weighted by Crippen LogP contribution is 2.19. The Hall–Kier alpha value is -2.04. The van der Waals surface area contributed by atoms with Crippen molar-refractivity contribution in [3.63, 3.8) is 0 Å². The lowest BCUT2D eigenvalue weighted by molar-refractivity contribution is -0.124. The van der Waals surface area contributed by atoms with Crippen LogP contribution in [0.15, 0.2) is 48.5 Å². The monoisotopic (exact) mass is 365 g/mol. The standard InChI is InChI=1S/C18H17Cl2NO3/c1-12(13-5-3-2-4-6-13)10-21-17(22)11-24-18(23)14-7-15(19)9-16(20)8-14/h2-9,12H,10-11H2,1H3,(H,21,22)/t12-/m1/s1. The number of rotatable bonds is 6. The van der Waals surface area contributed by atoms with Gasteiger partial charge in [0.15, 0.2) is 6.61 Å². The molecule has 126 valence electrons. The number of carbonyl (C=O) groups excluding carboxylic acids is 2. The summed E-state index contributed by atoms with van der Waals surface area (Å²) >= 11 is 11.7. The molecule has 2 aromatic carbocycles. The summed E-state index contributed by atoms with van der Waals surface area (Å²) in [7, 11) is 0. The largest absolute Gasteiger partial charge is 0.452 e. The molecule has 0 fully saturated rings. The van der Waals surface area contributed by atoms with Gasteiger partial charge in [0.05, 0.1) is 5.56 Å². The first kappa shape index (κ1) is 18.3. The normalized spacial score (nSPS) is 11.6. The first-order valence-electron chi connectivity index (χ1n) is 7.40. The summed E-state index contributed by atoms with van der Waals surface area (Å²) in [6.45, 7) is 2.11. The van der Waals surface area contributed by atoms with Crippen molar-refractivity contribution < 1.29 is 14.3 Å². The number of hydrogen-bond donors (Lipinski definition) is 1. The van der Waals surface area contributed by atoms with Gasteiger partial charge < -0.3 is 10.1 Å². The Morgan fingerprint density at radius 2 is 1.71 bits per heavy atom. The number of amides is 1. The van der Waals surface area contributed by atoms with E-state index in [1.807, 2.05) is 37.3 Å². The average Bonchev–Trinajstić information content (AvgIpc) is 2.57. The van der Waals surface area contributed by atoms with Crippen LogP contribution in [0.1, 0.15) is 28.8 Å². The van der Waals surface area contributed by atoms with E-state index in [2.05, 4.69) is 5.32 Å². The molecule has 0 bridgehead atoms. The van der Waals surface area contributed by atoms with E-state index < -0.39 is 5.97 Å². The zero-order valence-electron chi connectivity index (χ0n) is 13.1. The van der Waals surface area contributed by atoms with Crippen molar-refractivity contribution in [3.8, 4) is 0 Å². The molecule has 1 atom stereocenters. The van der Waals surface area contributed by atoms with E-state index in [0.29, 0.717) is 16.6 Å². The molecule has 0 aromatic heterocycles. The van der Waals surface area contributed by atoms with Crippen molar-refractivity contribution in [1.29, 1.82) is 0 Å². The van der Waals surface area contributed by atoms with Crippen molar-refractivity contribution >= 4 is 35.1 Å². The van der Waals surface area contributed by atoms with Crippen molar-refractivity contribution in [3.05, 3.63) is 69.7 Å². The topological polar surface area (TPSA) is 55.4 Å². The van der Waals surface area contributed by atoms with Crippen LogP contribution < -0.4 is 5.32 Å². The van der Waals surface area contributed by atoms with Crippen LogP contribution in [0.2, 0.25) is 10.0 Å². The summed E-state index contributed by atoms with van der Waals surface area (Å²) in [5.41, 5.74) is 1.33. The van der Waals surface area contributed by atoms with Gasteiger partial charge in [0, 0.05) is 16.6 Å². The maximum Gasteiger partial charge on any atom is 0.338 e. The van der Waals surface area contributed by atoms with Gasteiger partial charge in [0.25, 0.3) is 5.91 Å². The van der Waals surface area contributed by atoms with Crippen molar-refractivity contribution in [1.82, 2.24) is 5.32 Å². The number of ether oxygens (including phenoxy) is 1. The molecule has 0 aliphatic carbocycles. The molecule has 0 heterocycles. The number of hydrogen-bond acceptors (Lipinski definition) is 3. The number of carbonyl (C=O) groups is 2. The number of nitrogens with one attached hydrogen (secondary N) is 1. The average molecular weight is 366 g/mol. The maximum absolute atomic E-state index is 11.9. The third-order valence-electron chi connectivity index (χ3n) is 3.41. The molecule has 0 aliphatic rings. The SMILES string of the molecule is C[C@H](CNC(=O)COC(=O)c1cc(Cl)cc(Cl)c1)c1ccccc1. The van der Waals surface area contributed by atoms with Crippen LogP contribution in [0.5, 0.6) is 0 Å². The molecule has 0 unspecified atom stereocenters. The molecule has 0 spiro atoms. The minimum atomic E-state index is -0.648. The summed E-state index contributed by atoms with van der Waals surface area (Å²) in [6.07, 6.45) is 0. The summed E-state index contributed by atoms with van der Waals surface area (Å²) in [5.74, 6) is -0.845. The molecule has 0 saturated carbocycles. The minimum Gasteiger partial charge on any atom is -0.452 e. The summed E-state index contributed by atoms with van der Waals surface area (Å²) in [6, 6.07) is 14.2. The third kappa shape index (κ3) is 5.55. The highest BCUT2D eigenvalue weighted by molar-refractivity contribution is 6.35. The minimum absolute atomic E-state index is 0.164. The lowest BCUT2D eigenvalue weighted by Gasteiger charge is -2.13. The summed E-state index contributed by atoms with van der Waals surface area (Å²) < 4.78 is 4.97. The highest BCUT2D eigenvalue weighted by Gasteiger charge is 2.13. The van der Waals surface area contributed by atoms with Crippen molar-refractivity contribution in [2.75, 3.05) is 13.2 Å². The van der Waals surface area contributed by atoms with Gasteiger partial charge in [-0.15, -0.1) is 0 Å². The van der Waals surface area contributed by atoms with Crippen LogP contribution in [0.25, 0.3) is 0 Å². The first-order chi connectivity index (χ1) is 11.5. The van der Waals surface area contributed by atoms with Gasteiger partial charge in [-0.3, -0.25) is 4.79 Å². The number of benzene rings is 2. The lowest BCUT2D eigenvalue weighted by Crippen LogP contribution is -2.31. The molecule has 0 saturated heterocycles. The predicted octanol–water partition coefficient (Wildman–Crippen LogP) is 4.07. The fourth-order valence-electron chi connectivity index (χ4n) is 2.10.